The molecule has 1 fully saturated rings. The van der Waals surface area contributed by atoms with Gasteiger partial charge < -0.3 is 5.32 Å². The molecule has 0 aliphatic carbocycles. The van der Waals surface area contributed by atoms with Gasteiger partial charge in [-0.25, -0.2) is 13.4 Å². The Morgan fingerprint density at radius 1 is 1.44 bits per heavy atom. The first-order valence-electron chi connectivity index (χ1n) is 5.61. The Bertz CT molecular complexity index is 470. The van der Waals surface area contributed by atoms with Crippen LogP contribution in [0.15, 0.2) is 18.3 Å². The SMILES string of the molecule is Cl.O=S(=O)(Cc1ccc(Cl)nc1)C1CCCNC1. The largest absolute Gasteiger partial charge is 0.315 e. The van der Waals surface area contributed by atoms with E-state index in [4.69, 9.17) is 11.6 Å². The molecular weight excluding hydrogens is 295 g/mol. The molecule has 2 heterocycles. The minimum Gasteiger partial charge on any atom is -0.315 e. The van der Waals surface area contributed by atoms with Crippen LogP contribution in [0.3, 0.4) is 0 Å². The minimum atomic E-state index is -3.09. The van der Waals surface area contributed by atoms with Crippen LogP contribution < -0.4 is 5.32 Å². The lowest BCUT2D eigenvalue weighted by atomic mass is 10.2. The highest BCUT2D eigenvalue weighted by Crippen LogP contribution is 2.17. The van der Waals surface area contributed by atoms with Crippen molar-refractivity contribution < 1.29 is 8.42 Å². The van der Waals surface area contributed by atoms with Gasteiger partial charge in [0.05, 0.1) is 11.0 Å². The van der Waals surface area contributed by atoms with Gasteiger partial charge in [0.15, 0.2) is 9.84 Å². The molecule has 1 N–H and O–H groups in total. The fourth-order valence-corrected chi connectivity index (χ4v) is 3.85. The van der Waals surface area contributed by atoms with Gasteiger partial charge in [0, 0.05) is 12.7 Å². The summed E-state index contributed by atoms with van der Waals surface area (Å²) in [5, 5.41) is 3.23. The molecule has 0 aromatic carbocycles. The van der Waals surface area contributed by atoms with Crippen molar-refractivity contribution in [2.24, 2.45) is 0 Å². The Labute approximate surface area is 118 Å². The van der Waals surface area contributed by atoms with E-state index in [1.807, 2.05) is 0 Å². The Morgan fingerprint density at radius 3 is 2.78 bits per heavy atom. The summed E-state index contributed by atoms with van der Waals surface area (Å²) in [5.74, 6) is 0.0452. The molecule has 4 nitrogen and oxygen atoms in total. The van der Waals surface area contributed by atoms with Crippen LogP contribution in [-0.4, -0.2) is 31.7 Å². The van der Waals surface area contributed by atoms with Crippen molar-refractivity contribution >= 4 is 33.8 Å². The second-order valence-corrected chi connectivity index (χ2v) is 6.93. The van der Waals surface area contributed by atoms with Gasteiger partial charge in [-0.05, 0) is 31.0 Å². The van der Waals surface area contributed by atoms with Gasteiger partial charge in [-0.15, -0.1) is 12.4 Å². The van der Waals surface area contributed by atoms with Crippen LogP contribution in [0.25, 0.3) is 0 Å². The summed E-state index contributed by atoms with van der Waals surface area (Å²) in [5.41, 5.74) is 0.694. The quantitative estimate of drug-likeness (QED) is 0.865. The highest BCUT2D eigenvalue weighted by atomic mass is 35.5. The predicted molar refractivity (Wildman–Crippen MR) is 75.0 cm³/mol. The molecule has 0 radical (unpaired) electrons. The van der Waals surface area contributed by atoms with Crippen molar-refractivity contribution in [3.63, 3.8) is 0 Å². The van der Waals surface area contributed by atoms with E-state index in [0.29, 0.717) is 17.3 Å². The van der Waals surface area contributed by atoms with Gasteiger partial charge in [0.2, 0.25) is 0 Å². The van der Waals surface area contributed by atoms with Crippen molar-refractivity contribution in [1.82, 2.24) is 10.3 Å². The maximum absolute atomic E-state index is 12.1. The number of hydrogen-bond donors (Lipinski definition) is 1. The summed E-state index contributed by atoms with van der Waals surface area (Å²) in [6.45, 7) is 1.47. The van der Waals surface area contributed by atoms with Gasteiger partial charge in [-0.3, -0.25) is 0 Å². The summed E-state index contributed by atoms with van der Waals surface area (Å²) in [6, 6.07) is 3.33. The van der Waals surface area contributed by atoms with Gasteiger partial charge in [0.25, 0.3) is 0 Å². The van der Waals surface area contributed by atoms with E-state index in [1.165, 1.54) is 6.20 Å². The van der Waals surface area contributed by atoms with Crippen LogP contribution in [0.5, 0.6) is 0 Å². The number of piperidine rings is 1. The number of pyridine rings is 1. The molecule has 1 aromatic heterocycles. The zero-order chi connectivity index (χ0) is 12.3. The van der Waals surface area contributed by atoms with E-state index in [0.717, 1.165) is 19.4 Å². The van der Waals surface area contributed by atoms with Crippen LogP contribution in [0.1, 0.15) is 18.4 Å². The molecule has 7 heteroatoms. The van der Waals surface area contributed by atoms with Crippen molar-refractivity contribution in [3.05, 3.63) is 29.0 Å². The lowest BCUT2D eigenvalue weighted by molar-refractivity contribution is 0.496. The molecule has 1 saturated heterocycles. The molecule has 0 spiro atoms. The Kier molecular flexibility index (Phi) is 5.85. The van der Waals surface area contributed by atoms with Gasteiger partial charge >= 0.3 is 0 Å². The predicted octanol–water partition coefficient (Wildman–Crippen LogP) is 1.82. The molecule has 102 valence electrons. The molecule has 1 unspecified atom stereocenters. The monoisotopic (exact) mass is 310 g/mol. The van der Waals surface area contributed by atoms with E-state index in [1.54, 1.807) is 12.1 Å². The molecule has 1 aliphatic rings. The van der Waals surface area contributed by atoms with Crippen LogP contribution in [0, 0.1) is 0 Å². The molecule has 0 bridgehead atoms. The van der Waals surface area contributed by atoms with E-state index < -0.39 is 9.84 Å². The smallest absolute Gasteiger partial charge is 0.158 e. The van der Waals surface area contributed by atoms with Crippen molar-refractivity contribution in [3.8, 4) is 0 Å². The number of nitrogens with zero attached hydrogens (tertiary/aromatic N) is 1. The van der Waals surface area contributed by atoms with Crippen molar-refractivity contribution in [2.45, 2.75) is 23.8 Å². The van der Waals surface area contributed by atoms with Crippen LogP contribution in [0.2, 0.25) is 5.15 Å². The number of nitrogens with one attached hydrogen (secondary N) is 1. The number of aromatic nitrogens is 1. The zero-order valence-corrected chi connectivity index (χ0v) is 12.2. The third-order valence-corrected chi connectivity index (χ3v) is 5.29. The fourth-order valence-electron chi connectivity index (χ4n) is 1.97. The third kappa shape index (κ3) is 4.09. The van der Waals surface area contributed by atoms with E-state index in [2.05, 4.69) is 10.3 Å². The number of halogens is 2. The van der Waals surface area contributed by atoms with Crippen LogP contribution in [0.4, 0.5) is 0 Å². The Morgan fingerprint density at radius 2 is 2.22 bits per heavy atom. The number of sulfone groups is 1. The standard InChI is InChI=1S/C11H15ClN2O2S.ClH/c12-11-4-3-9(6-14-11)8-17(15,16)10-2-1-5-13-7-10;/h3-4,6,10,13H,1-2,5,7-8H2;1H. The maximum Gasteiger partial charge on any atom is 0.158 e. The Hall–Kier alpha value is -0.360. The third-order valence-electron chi connectivity index (χ3n) is 2.92. The first kappa shape index (κ1) is 15.7. The van der Waals surface area contributed by atoms with Gasteiger partial charge in [0.1, 0.15) is 5.15 Å². The molecular formula is C11H16Cl2N2O2S. The Balaban J connectivity index is 0.00000162. The average Bonchev–Trinajstić information content (AvgIpc) is 2.33. The molecule has 0 saturated carbocycles. The number of rotatable bonds is 3. The summed E-state index contributed by atoms with van der Waals surface area (Å²) in [4.78, 5) is 3.89. The first-order chi connectivity index (χ1) is 8.08. The van der Waals surface area contributed by atoms with Crippen LogP contribution in [-0.2, 0) is 15.6 Å². The van der Waals surface area contributed by atoms with Crippen molar-refractivity contribution in [1.29, 1.82) is 0 Å². The molecule has 1 aliphatic heterocycles. The highest BCUT2D eigenvalue weighted by Gasteiger charge is 2.27. The fraction of sp³-hybridized carbons (Fsp3) is 0.545. The van der Waals surface area contributed by atoms with Crippen LogP contribution >= 0.6 is 24.0 Å². The highest BCUT2D eigenvalue weighted by molar-refractivity contribution is 7.91. The molecule has 18 heavy (non-hydrogen) atoms. The van der Waals surface area contributed by atoms with Gasteiger partial charge in [-0.2, -0.15) is 0 Å². The lowest BCUT2D eigenvalue weighted by Crippen LogP contribution is -2.39. The maximum atomic E-state index is 12.1. The number of hydrogen-bond acceptors (Lipinski definition) is 4. The molecule has 2 rings (SSSR count). The summed E-state index contributed by atoms with van der Waals surface area (Å²) >= 11 is 5.66. The van der Waals surface area contributed by atoms with Crippen molar-refractivity contribution in [2.75, 3.05) is 13.1 Å². The summed E-state index contributed by atoms with van der Waals surface area (Å²) < 4.78 is 24.3. The summed E-state index contributed by atoms with van der Waals surface area (Å²) in [6.07, 6.45) is 3.19. The topological polar surface area (TPSA) is 59.1 Å². The van der Waals surface area contributed by atoms with Gasteiger partial charge in [-0.1, -0.05) is 17.7 Å². The molecule has 0 amide bonds. The average molecular weight is 311 g/mol. The minimum absolute atomic E-state index is 0. The molecule has 1 atom stereocenters. The van der Waals surface area contributed by atoms with E-state index in [9.17, 15) is 8.42 Å². The first-order valence-corrected chi connectivity index (χ1v) is 7.70. The second-order valence-electron chi connectivity index (χ2n) is 4.26. The molecule has 1 aromatic rings. The normalized spacial score (nSPS) is 20.2. The summed E-state index contributed by atoms with van der Waals surface area (Å²) in [7, 11) is -3.09. The van der Waals surface area contributed by atoms with E-state index >= 15 is 0 Å². The zero-order valence-electron chi connectivity index (χ0n) is 9.80. The van der Waals surface area contributed by atoms with E-state index in [-0.39, 0.29) is 23.4 Å². The second kappa shape index (κ2) is 6.70. The lowest BCUT2D eigenvalue weighted by Gasteiger charge is -2.22.